The van der Waals surface area contributed by atoms with Gasteiger partial charge in [-0.1, -0.05) is 34.1 Å². The van der Waals surface area contributed by atoms with Gasteiger partial charge >= 0.3 is 0 Å². The van der Waals surface area contributed by atoms with Gasteiger partial charge in [0.1, 0.15) is 17.1 Å². The van der Waals surface area contributed by atoms with E-state index in [1.54, 1.807) is 6.07 Å². The van der Waals surface area contributed by atoms with E-state index >= 15 is 0 Å². The third-order valence-corrected chi connectivity index (χ3v) is 3.32. The molecule has 2 rings (SSSR count). The van der Waals surface area contributed by atoms with Crippen molar-refractivity contribution in [1.29, 1.82) is 0 Å². The molecule has 1 N–H and O–H groups in total. The first-order chi connectivity index (χ1) is 9.61. The van der Waals surface area contributed by atoms with E-state index in [4.69, 9.17) is 4.74 Å². The second kappa shape index (κ2) is 6.52. The van der Waals surface area contributed by atoms with Crippen LogP contribution in [0.15, 0.2) is 46.9 Å². The van der Waals surface area contributed by atoms with Crippen LogP contribution >= 0.6 is 15.9 Å². The second-order valence-corrected chi connectivity index (χ2v) is 5.04. The lowest BCUT2D eigenvalue weighted by molar-refractivity contribution is 0.0943. The van der Waals surface area contributed by atoms with E-state index in [0.717, 1.165) is 10.0 Å². The highest BCUT2D eigenvalue weighted by atomic mass is 79.9. The van der Waals surface area contributed by atoms with Crippen molar-refractivity contribution in [3.05, 3.63) is 63.9 Å². The summed E-state index contributed by atoms with van der Waals surface area (Å²) in [6.07, 6.45) is 0. The van der Waals surface area contributed by atoms with Crippen LogP contribution in [0, 0.1) is 5.82 Å². The predicted molar refractivity (Wildman–Crippen MR) is 78.3 cm³/mol. The van der Waals surface area contributed by atoms with Crippen LogP contribution in [0.4, 0.5) is 4.39 Å². The fraction of sp³-hybridized carbons (Fsp3) is 0.133. The Kier molecular flexibility index (Phi) is 4.74. The minimum Gasteiger partial charge on any atom is -0.496 e. The number of nitrogens with one attached hydrogen (secondary N) is 1. The molecule has 0 unspecified atom stereocenters. The van der Waals surface area contributed by atoms with Crippen LogP contribution < -0.4 is 10.1 Å². The maximum Gasteiger partial charge on any atom is 0.258 e. The number of methoxy groups -OCH3 is 1. The number of ether oxygens (including phenoxy) is 1. The number of rotatable bonds is 4. The molecule has 2 aromatic carbocycles. The molecule has 0 radical (unpaired) electrons. The molecular weight excluding hydrogens is 325 g/mol. The average Bonchev–Trinajstić information content (AvgIpc) is 2.46. The SMILES string of the molecule is COc1cccc(F)c1C(=O)NCc1ccc(Br)cc1. The normalized spacial score (nSPS) is 10.2. The van der Waals surface area contributed by atoms with E-state index in [1.807, 2.05) is 24.3 Å². The fourth-order valence-corrected chi connectivity index (χ4v) is 2.03. The topological polar surface area (TPSA) is 38.3 Å². The highest BCUT2D eigenvalue weighted by Crippen LogP contribution is 2.21. The number of carbonyl (C=O) groups excluding carboxylic acids is 1. The summed E-state index contributed by atoms with van der Waals surface area (Å²) in [6.45, 7) is 0.323. The molecule has 0 saturated carbocycles. The van der Waals surface area contributed by atoms with Crippen LogP contribution in [0.3, 0.4) is 0 Å². The van der Waals surface area contributed by atoms with Crippen LogP contribution in [0.25, 0.3) is 0 Å². The number of hydrogen-bond acceptors (Lipinski definition) is 2. The molecule has 20 heavy (non-hydrogen) atoms. The molecule has 0 aliphatic rings. The summed E-state index contributed by atoms with van der Waals surface area (Å²) >= 11 is 3.34. The van der Waals surface area contributed by atoms with Crippen LogP contribution in [0.5, 0.6) is 5.75 Å². The van der Waals surface area contributed by atoms with Gasteiger partial charge in [0, 0.05) is 11.0 Å². The Balaban J connectivity index is 2.11. The number of benzene rings is 2. The zero-order valence-corrected chi connectivity index (χ0v) is 12.4. The third kappa shape index (κ3) is 3.36. The molecule has 104 valence electrons. The Hall–Kier alpha value is -1.88. The molecule has 0 aromatic heterocycles. The van der Waals surface area contributed by atoms with Gasteiger partial charge in [-0.15, -0.1) is 0 Å². The number of halogens is 2. The summed E-state index contributed by atoms with van der Waals surface area (Å²) in [4.78, 5) is 12.0. The Labute approximate surface area is 124 Å². The highest BCUT2D eigenvalue weighted by molar-refractivity contribution is 9.10. The first kappa shape index (κ1) is 14.5. The Bertz CT molecular complexity index is 614. The van der Waals surface area contributed by atoms with Gasteiger partial charge in [0.05, 0.1) is 7.11 Å². The average molecular weight is 338 g/mol. The van der Waals surface area contributed by atoms with Crippen molar-refractivity contribution < 1.29 is 13.9 Å². The molecule has 0 spiro atoms. The van der Waals surface area contributed by atoms with E-state index in [2.05, 4.69) is 21.2 Å². The van der Waals surface area contributed by atoms with E-state index in [9.17, 15) is 9.18 Å². The van der Waals surface area contributed by atoms with Crippen molar-refractivity contribution in [3.8, 4) is 5.75 Å². The van der Waals surface area contributed by atoms with Gasteiger partial charge in [-0.05, 0) is 29.8 Å². The molecule has 2 aromatic rings. The number of carbonyl (C=O) groups is 1. The molecule has 1 amide bonds. The van der Waals surface area contributed by atoms with Gasteiger partial charge in [0.15, 0.2) is 0 Å². The Morgan fingerprint density at radius 3 is 2.60 bits per heavy atom. The van der Waals surface area contributed by atoms with E-state index in [-0.39, 0.29) is 11.3 Å². The molecule has 0 bridgehead atoms. The fourth-order valence-electron chi connectivity index (χ4n) is 1.77. The first-order valence-electron chi connectivity index (χ1n) is 5.97. The summed E-state index contributed by atoms with van der Waals surface area (Å²) in [5, 5.41) is 2.68. The van der Waals surface area contributed by atoms with Crippen molar-refractivity contribution in [2.24, 2.45) is 0 Å². The molecule has 5 heteroatoms. The standard InChI is InChI=1S/C15H13BrFNO2/c1-20-13-4-2-3-12(17)14(13)15(19)18-9-10-5-7-11(16)8-6-10/h2-8H,9H2,1H3,(H,18,19). The van der Waals surface area contributed by atoms with E-state index in [0.29, 0.717) is 6.54 Å². The predicted octanol–water partition coefficient (Wildman–Crippen LogP) is 3.53. The van der Waals surface area contributed by atoms with Gasteiger partial charge in [0.2, 0.25) is 0 Å². The molecule has 0 fully saturated rings. The summed E-state index contributed by atoms with van der Waals surface area (Å²) in [6, 6.07) is 11.8. The molecule has 3 nitrogen and oxygen atoms in total. The maximum absolute atomic E-state index is 13.7. The van der Waals surface area contributed by atoms with Gasteiger partial charge in [0.25, 0.3) is 5.91 Å². The van der Waals surface area contributed by atoms with Crippen molar-refractivity contribution in [3.63, 3.8) is 0 Å². The largest absolute Gasteiger partial charge is 0.496 e. The van der Waals surface area contributed by atoms with Crippen LogP contribution in [0.2, 0.25) is 0 Å². The maximum atomic E-state index is 13.7. The first-order valence-corrected chi connectivity index (χ1v) is 6.76. The minimum absolute atomic E-state index is 0.0767. The monoisotopic (exact) mass is 337 g/mol. The molecule has 0 heterocycles. The third-order valence-electron chi connectivity index (χ3n) is 2.79. The van der Waals surface area contributed by atoms with Crippen molar-refractivity contribution in [1.82, 2.24) is 5.32 Å². The molecular formula is C15H13BrFNO2. The molecule has 0 atom stereocenters. The summed E-state index contributed by atoms with van der Waals surface area (Å²) < 4.78 is 19.7. The van der Waals surface area contributed by atoms with Gasteiger partial charge in [-0.3, -0.25) is 4.79 Å². The lowest BCUT2D eigenvalue weighted by Crippen LogP contribution is -2.24. The number of amides is 1. The Morgan fingerprint density at radius 1 is 1.25 bits per heavy atom. The Morgan fingerprint density at radius 2 is 1.95 bits per heavy atom. The highest BCUT2D eigenvalue weighted by Gasteiger charge is 2.16. The van der Waals surface area contributed by atoms with Crippen molar-refractivity contribution in [2.75, 3.05) is 7.11 Å². The molecule has 0 aliphatic heterocycles. The zero-order chi connectivity index (χ0) is 14.5. The van der Waals surface area contributed by atoms with Crippen molar-refractivity contribution >= 4 is 21.8 Å². The van der Waals surface area contributed by atoms with Gasteiger partial charge < -0.3 is 10.1 Å². The van der Waals surface area contributed by atoms with Crippen LogP contribution in [-0.4, -0.2) is 13.0 Å². The van der Waals surface area contributed by atoms with E-state index in [1.165, 1.54) is 19.2 Å². The molecule has 0 aliphatic carbocycles. The lowest BCUT2D eigenvalue weighted by Gasteiger charge is -2.10. The van der Waals surface area contributed by atoms with Crippen LogP contribution in [-0.2, 0) is 6.54 Å². The lowest BCUT2D eigenvalue weighted by atomic mass is 10.1. The number of hydrogen-bond donors (Lipinski definition) is 1. The minimum atomic E-state index is -0.599. The second-order valence-electron chi connectivity index (χ2n) is 4.13. The summed E-state index contributed by atoms with van der Waals surface area (Å²) in [5.41, 5.74) is 0.851. The van der Waals surface area contributed by atoms with Crippen LogP contribution in [0.1, 0.15) is 15.9 Å². The van der Waals surface area contributed by atoms with E-state index < -0.39 is 11.7 Å². The van der Waals surface area contributed by atoms with Gasteiger partial charge in [-0.25, -0.2) is 4.39 Å². The zero-order valence-electron chi connectivity index (χ0n) is 10.8. The summed E-state index contributed by atoms with van der Waals surface area (Å²) in [5.74, 6) is -0.876. The molecule has 0 saturated heterocycles. The smallest absolute Gasteiger partial charge is 0.258 e. The van der Waals surface area contributed by atoms with Crippen molar-refractivity contribution in [2.45, 2.75) is 6.54 Å². The van der Waals surface area contributed by atoms with Gasteiger partial charge in [-0.2, -0.15) is 0 Å². The quantitative estimate of drug-likeness (QED) is 0.926. The summed E-state index contributed by atoms with van der Waals surface area (Å²) in [7, 11) is 1.40.